The zero-order chi connectivity index (χ0) is 23.3. The molecule has 170 valence electrons. The molecule has 3 heterocycles. The Kier molecular flexibility index (Phi) is 5.07. The normalized spacial score (nSPS) is 14.6. The minimum absolute atomic E-state index is 0.106. The molecule has 2 aromatic heterocycles. The number of H-pyrrole nitrogens is 1. The minimum Gasteiger partial charge on any atom is -0.357 e. The van der Waals surface area contributed by atoms with Crippen LogP contribution < -0.4 is 10.5 Å². The molecule has 2 aromatic carbocycles. The summed E-state index contributed by atoms with van der Waals surface area (Å²) in [5.74, 6) is 0.688. The molecule has 4 aromatic rings. The van der Waals surface area contributed by atoms with E-state index in [2.05, 4.69) is 77.4 Å². The molecule has 0 spiro atoms. The first-order chi connectivity index (χ1) is 15.8. The smallest absolute Gasteiger partial charge is 0.254 e. The summed E-state index contributed by atoms with van der Waals surface area (Å²) < 4.78 is 1.89. The molecule has 0 aliphatic carbocycles. The number of pyridine rings is 1. The number of anilines is 1. The number of para-hydroxylation sites is 1. The van der Waals surface area contributed by atoms with E-state index in [1.807, 2.05) is 29.8 Å². The lowest BCUT2D eigenvalue weighted by Crippen LogP contribution is -2.37. The minimum atomic E-state index is -0.400. The van der Waals surface area contributed by atoms with E-state index in [-0.39, 0.29) is 11.1 Å². The number of fused-ring (bicyclic) bond motifs is 2. The highest BCUT2D eigenvalue weighted by Gasteiger charge is 2.36. The number of hydrogen-bond acceptors (Lipinski definition) is 5. The molecule has 1 aliphatic rings. The molecule has 0 saturated carbocycles. The largest absolute Gasteiger partial charge is 0.357 e. The van der Waals surface area contributed by atoms with E-state index < -0.39 is 6.04 Å². The standard InChI is InChI=1S/C26H30N6O/c1-6-26(4,5)32-24(28-29-30-32)23(31-12-11-18-9-7-8-10-22(18)31)20-15-19-17(3)13-16(2)14-21(19)27-25(20)33/h7-10,13-15,23H,6,11-12H2,1-5H3,(H,27,33). The fourth-order valence-electron chi connectivity index (χ4n) is 4.92. The third-order valence-corrected chi connectivity index (χ3v) is 7.05. The van der Waals surface area contributed by atoms with Crippen molar-refractivity contribution in [1.82, 2.24) is 25.2 Å². The summed E-state index contributed by atoms with van der Waals surface area (Å²) in [5.41, 5.74) is 5.80. The first-order valence-electron chi connectivity index (χ1n) is 11.6. The van der Waals surface area contributed by atoms with Crippen molar-refractivity contribution in [3.05, 3.63) is 80.9 Å². The van der Waals surface area contributed by atoms with Crippen molar-refractivity contribution in [2.24, 2.45) is 0 Å². The van der Waals surface area contributed by atoms with Crippen LogP contribution >= 0.6 is 0 Å². The van der Waals surface area contributed by atoms with E-state index in [9.17, 15) is 4.79 Å². The van der Waals surface area contributed by atoms with Gasteiger partial charge in [0.2, 0.25) is 0 Å². The van der Waals surface area contributed by atoms with Crippen LogP contribution in [0.2, 0.25) is 0 Å². The van der Waals surface area contributed by atoms with Crippen LogP contribution in [0.15, 0.2) is 47.3 Å². The summed E-state index contributed by atoms with van der Waals surface area (Å²) in [6.07, 6.45) is 1.79. The average molecular weight is 443 g/mol. The molecular formula is C26H30N6O. The molecule has 0 saturated heterocycles. The van der Waals surface area contributed by atoms with Crippen molar-refractivity contribution in [2.45, 2.75) is 59.0 Å². The number of nitrogens with zero attached hydrogens (tertiary/aromatic N) is 5. The Balaban J connectivity index is 1.78. The zero-order valence-electron chi connectivity index (χ0n) is 19.9. The van der Waals surface area contributed by atoms with E-state index in [0.717, 1.165) is 47.1 Å². The Bertz CT molecular complexity index is 1400. The summed E-state index contributed by atoms with van der Waals surface area (Å²) in [6, 6.07) is 14.2. The lowest BCUT2D eigenvalue weighted by molar-refractivity contribution is 0.287. The Hall–Kier alpha value is -3.48. The summed E-state index contributed by atoms with van der Waals surface area (Å²) in [5, 5.41) is 14.0. The predicted octanol–water partition coefficient (Wildman–Crippen LogP) is 4.43. The predicted molar refractivity (Wildman–Crippen MR) is 131 cm³/mol. The van der Waals surface area contributed by atoms with Gasteiger partial charge >= 0.3 is 0 Å². The van der Waals surface area contributed by atoms with Gasteiger partial charge in [-0.05, 0) is 85.9 Å². The molecule has 1 atom stereocenters. The Morgan fingerprint density at radius 3 is 2.73 bits per heavy atom. The maximum absolute atomic E-state index is 13.5. The summed E-state index contributed by atoms with van der Waals surface area (Å²) >= 11 is 0. The lowest BCUT2D eigenvalue weighted by atomic mass is 9.98. The second-order valence-corrected chi connectivity index (χ2v) is 9.69. The number of benzene rings is 2. The van der Waals surface area contributed by atoms with Crippen LogP contribution in [0.25, 0.3) is 10.9 Å². The van der Waals surface area contributed by atoms with Gasteiger partial charge in [0, 0.05) is 28.7 Å². The van der Waals surface area contributed by atoms with Crippen LogP contribution in [0, 0.1) is 13.8 Å². The molecule has 5 rings (SSSR count). The topological polar surface area (TPSA) is 79.7 Å². The number of aryl methyl sites for hydroxylation is 2. The maximum Gasteiger partial charge on any atom is 0.254 e. The van der Waals surface area contributed by atoms with Gasteiger partial charge in [0.25, 0.3) is 5.56 Å². The Morgan fingerprint density at radius 1 is 1.15 bits per heavy atom. The van der Waals surface area contributed by atoms with Crippen LogP contribution in [-0.4, -0.2) is 31.7 Å². The molecule has 7 nitrogen and oxygen atoms in total. The molecule has 1 aliphatic heterocycles. The first kappa shape index (κ1) is 21.4. The van der Waals surface area contributed by atoms with Crippen LogP contribution in [0.1, 0.15) is 61.3 Å². The van der Waals surface area contributed by atoms with Crippen LogP contribution in [0.3, 0.4) is 0 Å². The van der Waals surface area contributed by atoms with E-state index in [1.54, 1.807) is 0 Å². The fraction of sp³-hybridized carbons (Fsp3) is 0.385. The van der Waals surface area contributed by atoms with Crippen molar-refractivity contribution in [2.75, 3.05) is 11.4 Å². The number of nitrogens with one attached hydrogen (secondary N) is 1. The second-order valence-electron chi connectivity index (χ2n) is 9.69. The monoisotopic (exact) mass is 442 g/mol. The van der Waals surface area contributed by atoms with E-state index >= 15 is 0 Å². The SMILES string of the molecule is CCC(C)(C)n1nnnc1C(c1cc2c(C)cc(C)cc2[nH]c1=O)N1CCc2ccccc21. The fourth-order valence-corrected chi connectivity index (χ4v) is 4.92. The lowest BCUT2D eigenvalue weighted by Gasteiger charge is -2.32. The first-order valence-corrected chi connectivity index (χ1v) is 11.6. The summed E-state index contributed by atoms with van der Waals surface area (Å²) in [6.45, 7) is 11.3. The highest BCUT2D eigenvalue weighted by molar-refractivity contribution is 5.83. The van der Waals surface area contributed by atoms with Gasteiger partial charge in [-0.1, -0.05) is 31.2 Å². The Labute approximate surface area is 193 Å². The van der Waals surface area contributed by atoms with Gasteiger partial charge in [-0.2, -0.15) is 0 Å². The van der Waals surface area contributed by atoms with Crippen LogP contribution in [0.5, 0.6) is 0 Å². The number of aromatic nitrogens is 5. The molecule has 7 heteroatoms. The second kappa shape index (κ2) is 7.83. The van der Waals surface area contributed by atoms with Gasteiger partial charge in [-0.25, -0.2) is 4.68 Å². The van der Waals surface area contributed by atoms with Gasteiger partial charge in [0.05, 0.1) is 5.54 Å². The van der Waals surface area contributed by atoms with E-state index in [1.165, 1.54) is 5.56 Å². The molecule has 1 N–H and O–H groups in total. The van der Waals surface area contributed by atoms with Crippen molar-refractivity contribution in [3.63, 3.8) is 0 Å². The van der Waals surface area contributed by atoms with Gasteiger partial charge in [0.1, 0.15) is 6.04 Å². The Morgan fingerprint density at radius 2 is 1.94 bits per heavy atom. The van der Waals surface area contributed by atoms with E-state index in [0.29, 0.717) is 11.4 Å². The number of rotatable bonds is 5. The van der Waals surface area contributed by atoms with Crippen molar-refractivity contribution in [3.8, 4) is 0 Å². The summed E-state index contributed by atoms with van der Waals surface area (Å²) in [7, 11) is 0. The zero-order valence-corrected chi connectivity index (χ0v) is 19.9. The van der Waals surface area contributed by atoms with Gasteiger partial charge in [-0.15, -0.1) is 5.10 Å². The third-order valence-electron chi connectivity index (χ3n) is 7.05. The van der Waals surface area contributed by atoms with Crippen molar-refractivity contribution in [1.29, 1.82) is 0 Å². The van der Waals surface area contributed by atoms with Crippen molar-refractivity contribution >= 4 is 16.6 Å². The maximum atomic E-state index is 13.5. The molecule has 0 radical (unpaired) electrons. The molecule has 33 heavy (non-hydrogen) atoms. The number of hydrogen-bond donors (Lipinski definition) is 1. The van der Waals surface area contributed by atoms with Crippen LogP contribution in [-0.2, 0) is 12.0 Å². The van der Waals surface area contributed by atoms with Gasteiger partial charge in [0.15, 0.2) is 5.82 Å². The van der Waals surface area contributed by atoms with Crippen LogP contribution in [0.4, 0.5) is 5.69 Å². The molecule has 0 bridgehead atoms. The van der Waals surface area contributed by atoms with Gasteiger partial charge in [-0.3, -0.25) is 4.79 Å². The highest BCUT2D eigenvalue weighted by Crippen LogP contribution is 2.38. The number of aromatic amines is 1. The van der Waals surface area contributed by atoms with Crippen molar-refractivity contribution < 1.29 is 0 Å². The quantitative estimate of drug-likeness (QED) is 0.495. The molecule has 1 unspecified atom stereocenters. The summed E-state index contributed by atoms with van der Waals surface area (Å²) in [4.78, 5) is 19.0. The highest BCUT2D eigenvalue weighted by atomic mass is 16.1. The van der Waals surface area contributed by atoms with E-state index in [4.69, 9.17) is 0 Å². The molecular weight excluding hydrogens is 412 g/mol. The third kappa shape index (κ3) is 3.52. The molecule has 0 amide bonds. The number of tetrazole rings is 1. The van der Waals surface area contributed by atoms with Gasteiger partial charge < -0.3 is 9.88 Å². The molecule has 0 fully saturated rings. The average Bonchev–Trinajstić information content (AvgIpc) is 3.43.